The van der Waals surface area contributed by atoms with Crippen molar-refractivity contribution < 1.29 is 0 Å². The molecule has 0 saturated carbocycles. The first-order valence-electron chi connectivity index (χ1n) is 7.28. The zero-order valence-corrected chi connectivity index (χ0v) is 14.0. The lowest BCUT2D eigenvalue weighted by atomic mass is 10.0. The standard InChI is InChI=1S/C19H15BrN2/c1-11-9-17-18(10-12(11)2)22-19(21-17)15-7-3-6-14-13(15)5-4-8-16(14)20/h3-10H,1-2H3,(H,21,22). The number of aromatic amines is 1. The highest BCUT2D eigenvalue weighted by Gasteiger charge is 2.10. The number of benzene rings is 3. The molecule has 22 heavy (non-hydrogen) atoms. The van der Waals surface area contributed by atoms with Gasteiger partial charge in [0.2, 0.25) is 0 Å². The van der Waals surface area contributed by atoms with Crippen molar-refractivity contribution in [2.45, 2.75) is 13.8 Å². The van der Waals surface area contributed by atoms with E-state index in [-0.39, 0.29) is 0 Å². The normalized spacial score (nSPS) is 11.4. The van der Waals surface area contributed by atoms with Crippen LogP contribution in [0.15, 0.2) is 53.0 Å². The van der Waals surface area contributed by atoms with Crippen molar-refractivity contribution in [1.29, 1.82) is 0 Å². The van der Waals surface area contributed by atoms with Crippen LogP contribution in [-0.4, -0.2) is 9.97 Å². The van der Waals surface area contributed by atoms with Crippen molar-refractivity contribution in [3.8, 4) is 11.4 Å². The summed E-state index contributed by atoms with van der Waals surface area (Å²) >= 11 is 3.63. The number of nitrogens with zero attached hydrogens (tertiary/aromatic N) is 1. The molecule has 1 heterocycles. The zero-order valence-electron chi connectivity index (χ0n) is 12.4. The van der Waals surface area contributed by atoms with E-state index in [0.29, 0.717) is 0 Å². The highest BCUT2D eigenvalue weighted by molar-refractivity contribution is 9.10. The van der Waals surface area contributed by atoms with Crippen LogP contribution in [0.4, 0.5) is 0 Å². The summed E-state index contributed by atoms with van der Waals surface area (Å²) in [6.07, 6.45) is 0. The van der Waals surface area contributed by atoms with Gasteiger partial charge in [0.15, 0.2) is 0 Å². The maximum Gasteiger partial charge on any atom is 0.139 e. The van der Waals surface area contributed by atoms with Gasteiger partial charge in [0.1, 0.15) is 5.82 Å². The Morgan fingerprint density at radius 1 is 0.909 bits per heavy atom. The van der Waals surface area contributed by atoms with Gasteiger partial charge < -0.3 is 4.98 Å². The maximum atomic E-state index is 4.79. The molecule has 0 atom stereocenters. The van der Waals surface area contributed by atoms with Gasteiger partial charge in [0.25, 0.3) is 0 Å². The molecule has 0 spiro atoms. The molecular weight excluding hydrogens is 336 g/mol. The molecule has 0 unspecified atom stereocenters. The lowest BCUT2D eigenvalue weighted by Crippen LogP contribution is -1.84. The average Bonchev–Trinajstić information content (AvgIpc) is 2.90. The van der Waals surface area contributed by atoms with Gasteiger partial charge in [-0.3, -0.25) is 0 Å². The van der Waals surface area contributed by atoms with Gasteiger partial charge in [0.05, 0.1) is 11.0 Å². The number of nitrogens with one attached hydrogen (secondary N) is 1. The average molecular weight is 351 g/mol. The van der Waals surface area contributed by atoms with Gasteiger partial charge in [-0.25, -0.2) is 4.98 Å². The molecule has 1 N–H and O–H groups in total. The molecule has 4 rings (SSSR count). The zero-order chi connectivity index (χ0) is 15.3. The van der Waals surface area contributed by atoms with Crippen molar-refractivity contribution in [2.75, 3.05) is 0 Å². The molecule has 0 aliphatic heterocycles. The number of aromatic nitrogens is 2. The Labute approximate surface area is 137 Å². The van der Waals surface area contributed by atoms with E-state index >= 15 is 0 Å². The van der Waals surface area contributed by atoms with Gasteiger partial charge in [-0.15, -0.1) is 0 Å². The topological polar surface area (TPSA) is 28.7 Å². The number of halogens is 1. The summed E-state index contributed by atoms with van der Waals surface area (Å²) < 4.78 is 1.11. The van der Waals surface area contributed by atoms with Crippen LogP contribution in [0, 0.1) is 13.8 Å². The molecule has 2 nitrogen and oxygen atoms in total. The van der Waals surface area contributed by atoms with Crippen molar-refractivity contribution >= 4 is 37.7 Å². The van der Waals surface area contributed by atoms with Crippen LogP contribution in [-0.2, 0) is 0 Å². The minimum absolute atomic E-state index is 0.920. The third-order valence-electron chi connectivity index (χ3n) is 4.22. The highest BCUT2D eigenvalue weighted by Crippen LogP contribution is 2.32. The molecule has 0 aliphatic carbocycles. The second-order valence-electron chi connectivity index (χ2n) is 5.68. The molecule has 0 fully saturated rings. The van der Waals surface area contributed by atoms with E-state index in [0.717, 1.165) is 26.9 Å². The van der Waals surface area contributed by atoms with Gasteiger partial charge in [-0.05, 0) is 53.9 Å². The fourth-order valence-corrected chi connectivity index (χ4v) is 3.37. The third-order valence-corrected chi connectivity index (χ3v) is 4.91. The van der Waals surface area contributed by atoms with Crippen LogP contribution in [0.5, 0.6) is 0 Å². The fourth-order valence-electron chi connectivity index (χ4n) is 2.88. The Balaban J connectivity index is 2.01. The Morgan fingerprint density at radius 3 is 2.50 bits per heavy atom. The SMILES string of the molecule is Cc1cc2nc(-c3cccc4c(Br)cccc34)[nH]c2cc1C. The molecular formula is C19H15BrN2. The van der Waals surface area contributed by atoms with E-state index in [4.69, 9.17) is 4.98 Å². The summed E-state index contributed by atoms with van der Waals surface area (Å²) in [4.78, 5) is 8.26. The molecule has 0 saturated heterocycles. The van der Waals surface area contributed by atoms with E-state index in [1.54, 1.807) is 0 Å². The molecule has 4 aromatic rings. The second-order valence-corrected chi connectivity index (χ2v) is 6.53. The third kappa shape index (κ3) is 2.04. The summed E-state index contributed by atoms with van der Waals surface area (Å²) in [6, 6.07) is 16.9. The van der Waals surface area contributed by atoms with Crippen LogP contribution in [0.25, 0.3) is 33.2 Å². The first kappa shape index (κ1) is 13.5. The van der Waals surface area contributed by atoms with Crippen molar-refractivity contribution in [1.82, 2.24) is 9.97 Å². The highest BCUT2D eigenvalue weighted by atomic mass is 79.9. The Hall–Kier alpha value is -2.13. The van der Waals surface area contributed by atoms with Crippen LogP contribution in [0.3, 0.4) is 0 Å². The van der Waals surface area contributed by atoms with Crippen LogP contribution < -0.4 is 0 Å². The maximum absolute atomic E-state index is 4.79. The molecule has 108 valence electrons. The second kappa shape index (κ2) is 4.96. The largest absolute Gasteiger partial charge is 0.338 e. The predicted octanol–water partition coefficient (Wildman–Crippen LogP) is 5.76. The summed E-state index contributed by atoms with van der Waals surface area (Å²) in [5.41, 5.74) is 5.79. The van der Waals surface area contributed by atoms with Crippen LogP contribution in [0.2, 0.25) is 0 Å². The summed E-state index contributed by atoms with van der Waals surface area (Å²) in [5, 5.41) is 2.40. The minimum Gasteiger partial charge on any atom is -0.338 e. The molecule has 3 aromatic carbocycles. The Bertz CT molecular complexity index is 976. The van der Waals surface area contributed by atoms with Gasteiger partial charge in [0, 0.05) is 10.0 Å². The summed E-state index contributed by atoms with van der Waals surface area (Å²) in [5.74, 6) is 0.920. The monoisotopic (exact) mass is 350 g/mol. The van der Waals surface area contributed by atoms with Crippen molar-refractivity contribution in [2.24, 2.45) is 0 Å². The van der Waals surface area contributed by atoms with Crippen molar-refractivity contribution in [3.63, 3.8) is 0 Å². The first-order chi connectivity index (χ1) is 10.6. The van der Waals surface area contributed by atoms with Gasteiger partial charge in [-0.2, -0.15) is 0 Å². The molecule has 1 aromatic heterocycles. The lowest BCUT2D eigenvalue weighted by Gasteiger charge is -2.05. The smallest absolute Gasteiger partial charge is 0.139 e. The molecule has 0 aliphatic rings. The van der Waals surface area contributed by atoms with Crippen LogP contribution >= 0.6 is 15.9 Å². The Kier molecular flexibility index (Phi) is 3.05. The first-order valence-corrected chi connectivity index (χ1v) is 8.07. The van der Waals surface area contributed by atoms with Crippen LogP contribution in [0.1, 0.15) is 11.1 Å². The van der Waals surface area contributed by atoms with E-state index in [2.05, 4.69) is 83.3 Å². The molecule has 3 heteroatoms. The van der Waals surface area contributed by atoms with E-state index in [9.17, 15) is 0 Å². The van der Waals surface area contributed by atoms with Gasteiger partial charge in [-0.1, -0.05) is 46.3 Å². The summed E-state index contributed by atoms with van der Waals surface area (Å²) in [6.45, 7) is 4.25. The predicted molar refractivity (Wildman–Crippen MR) is 96.2 cm³/mol. The molecule has 0 amide bonds. The number of rotatable bonds is 1. The number of hydrogen-bond acceptors (Lipinski definition) is 1. The minimum atomic E-state index is 0.920. The van der Waals surface area contributed by atoms with Crippen molar-refractivity contribution in [3.05, 3.63) is 64.1 Å². The number of imidazole rings is 1. The number of hydrogen-bond donors (Lipinski definition) is 1. The fraction of sp³-hybridized carbons (Fsp3) is 0.105. The Morgan fingerprint density at radius 2 is 1.64 bits per heavy atom. The summed E-state index contributed by atoms with van der Waals surface area (Å²) in [7, 11) is 0. The lowest BCUT2D eigenvalue weighted by molar-refractivity contribution is 1.34. The molecule has 0 bridgehead atoms. The number of fused-ring (bicyclic) bond motifs is 2. The number of H-pyrrole nitrogens is 1. The molecule has 0 radical (unpaired) electrons. The van der Waals surface area contributed by atoms with E-state index in [1.165, 1.54) is 21.9 Å². The van der Waals surface area contributed by atoms with Gasteiger partial charge >= 0.3 is 0 Å². The van der Waals surface area contributed by atoms with E-state index < -0.39 is 0 Å². The quantitative estimate of drug-likeness (QED) is 0.464. The van der Waals surface area contributed by atoms with E-state index in [1.807, 2.05) is 0 Å². The number of aryl methyl sites for hydroxylation is 2.